The summed E-state index contributed by atoms with van der Waals surface area (Å²) in [5.41, 5.74) is 2.95. The third-order valence-electron chi connectivity index (χ3n) is 5.17. The van der Waals surface area contributed by atoms with Gasteiger partial charge in [0.2, 0.25) is 5.95 Å². The van der Waals surface area contributed by atoms with Gasteiger partial charge in [-0.2, -0.15) is 13.2 Å². The van der Waals surface area contributed by atoms with E-state index in [2.05, 4.69) is 30.6 Å². The second-order valence-corrected chi connectivity index (χ2v) is 7.61. The number of carbonyl (C=O) groups is 1. The van der Waals surface area contributed by atoms with E-state index in [1.807, 2.05) is 18.2 Å². The average Bonchev–Trinajstić information content (AvgIpc) is 3.32. The summed E-state index contributed by atoms with van der Waals surface area (Å²) in [5.74, 6) is -0.325. The molecule has 10 heteroatoms. The van der Waals surface area contributed by atoms with Gasteiger partial charge in [-0.15, -0.1) is 0 Å². The Labute approximate surface area is 197 Å². The lowest BCUT2D eigenvalue weighted by molar-refractivity contribution is -0.137. The van der Waals surface area contributed by atoms with Crippen LogP contribution in [0.5, 0.6) is 0 Å². The molecule has 5 rings (SSSR count). The van der Waals surface area contributed by atoms with Crippen molar-refractivity contribution in [1.82, 2.24) is 19.9 Å². The maximum Gasteiger partial charge on any atom is 0.416 e. The van der Waals surface area contributed by atoms with Crippen LogP contribution in [0.2, 0.25) is 0 Å². The van der Waals surface area contributed by atoms with Gasteiger partial charge in [0.05, 0.1) is 16.6 Å². The minimum atomic E-state index is -4.53. The standard InChI is InChI=1S/C25H17F3N6O/c26-25(27,28)17-6-1-4-15(12-17)23(35)31-18-7-2-8-19(13-18)32-24-33-20-9-11-30-22(20)21(34-24)16-5-3-10-29-14-16/h1-14,30H,(H,31,35)(H,32,33,34). The lowest BCUT2D eigenvalue weighted by Gasteiger charge is -2.11. The van der Waals surface area contributed by atoms with Gasteiger partial charge in [0.1, 0.15) is 5.69 Å². The number of fused-ring (bicyclic) bond motifs is 1. The number of hydrogen-bond acceptors (Lipinski definition) is 5. The second-order valence-electron chi connectivity index (χ2n) is 7.61. The number of anilines is 3. The molecule has 0 radical (unpaired) electrons. The second kappa shape index (κ2) is 8.90. The number of halogens is 3. The van der Waals surface area contributed by atoms with E-state index in [0.29, 0.717) is 28.5 Å². The molecular formula is C25H17F3N6O. The van der Waals surface area contributed by atoms with Crippen molar-refractivity contribution in [1.29, 1.82) is 0 Å². The van der Waals surface area contributed by atoms with Crippen molar-refractivity contribution in [2.75, 3.05) is 10.6 Å². The Morgan fingerprint density at radius 1 is 0.914 bits per heavy atom. The zero-order chi connectivity index (χ0) is 24.4. The predicted octanol–water partition coefficient (Wildman–Crippen LogP) is 6.03. The Bertz CT molecular complexity index is 1510. The monoisotopic (exact) mass is 474 g/mol. The molecule has 0 unspecified atom stereocenters. The Morgan fingerprint density at radius 2 is 1.74 bits per heavy atom. The number of pyridine rings is 1. The van der Waals surface area contributed by atoms with Gasteiger partial charge in [-0.05, 0) is 54.6 Å². The van der Waals surface area contributed by atoms with Crippen LogP contribution in [-0.4, -0.2) is 25.8 Å². The first-order chi connectivity index (χ1) is 16.9. The number of carbonyl (C=O) groups excluding carboxylic acids is 1. The van der Waals surface area contributed by atoms with Gasteiger partial charge in [-0.25, -0.2) is 9.97 Å². The van der Waals surface area contributed by atoms with Gasteiger partial charge in [-0.1, -0.05) is 12.1 Å². The Kier molecular flexibility index (Phi) is 5.61. The van der Waals surface area contributed by atoms with Crippen LogP contribution in [0.3, 0.4) is 0 Å². The number of aromatic amines is 1. The van der Waals surface area contributed by atoms with E-state index in [4.69, 9.17) is 0 Å². The van der Waals surface area contributed by atoms with E-state index >= 15 is 0 Å². The molecule has 0 fully saturated rings. The lowest BCUT2D eigenvalue weighted by Crippen LogP contribution is -2.14. The summed E-state index contributed by atoms with van der Waals surface area (Å²) in [6, 6.07) is 16.5. The Balaban J connectivity index is 1.39. The summed E-state index contributed by atoms with van der Waals surface area (Å²) in [7, 11) is 0. The lowest BCUT2D eigenvalue weighted by atomic mass is 10.1. The smallest absolute Gasteiger partial charge is 0.358 e. The summed E-state index contributed by atoms with van der Waals surface area (Å²) >= 11 is 0. The van der Waals surface area contributed by atoms with Crippen molar-refractivity contribution >= 4 is 34.3 Å². The number of alkyl halides is 3. The van der Waals surface area contributed by atoms with E-state index in [-0.39, 0.29) is 5.56 Å². The fraction of sp³-hybridized carbons (Fsp3) is 0.0400. The number of benzene rings is 2. The number of H-pyrrole nitrogens is 1. The third kappa shape index (κ3) is 4.81. The Hall–Kier alpha value is -4.73. The van der Waals surface area contributed by atoms with Gasteiger partial charge in [0.15, 0.2) is 0 Å². The largest absolute Gasteiger partial charge is 0.416 e. The summed E-state index contributed by atoms with van der Waals surface area (Å²) < 4.78 is 38.9. The van der Waals surface area contributed by atoms with Crippen LogP contribution in [0.4, 0.5) is 30.5 Å². The van der Waals surface area contributed by atoms with Crippen molar-refractivity contribution in [2.45, 2.75) is 6.18 Å². The zero-order valence-corrected chi connectivity index (χ0v) is 18.0. The van der Waals surface area contributed by atoms with E-state index in [0.717, 1.165) is 23.2 Å². The highest BCUT2D eigenvalue weighted by Crippen LogP contribution is 2.30. The molecule has 0 aliphatic rings. The number of nitrogens with zero attached hydrogens (tertiary/aromatic N) is 3. The van der Waals surface area contributed by atoms with Crippen molar-refractivity contribution in [3.8, 4) is 11.3 Å². The van der Waals surface area contributed by atoms with E-state index in [9.17, 15) is 18.0 Å². The molecule has 1 amide bonds. The zero-order valence-electron chi connectivity index (χ0n) is 18.0. The van der Waals surface area contributed by atoms with Crippen LogP contribution in [0.15, 0.2) is 85.3 Å². The first kappa shape index (κ1) is 22.1. The maximum absolute atomic E-state index is 13.0. The van der Waals surface area contributed by atoms with E-state index < -0.39 is 17.6 Å². The number of aromatic nitrogens is 4. The molecule has 0 saturated carbocycles. The quantitative estimate of drug-likeness (QED) is 0.289. The van der Waals surface area contributed by atoms with Gasteiger partial charge in [0.25, 0.3) is 5.91 Å². The molecule has 3 N–H and O–H groups in total. The summed E-state index contributed by atoms with van der Waals surface area (Å²) in [6.45, 7) is 0. The van der Waals surface area contributed by atoms with Crippen LogP contribution in [0, 0.1) is 0 Å². The first-order valence-corrected chi connectivity index (χ1v) is 10.5. The van der Waals surface area contributed by atoms with Crippen molar-refractivity contribution in [3.63, 3.8) is 0 Å². The number of nitrogens with one attached hydrogen (secondary N) is 3. The van der Waals surface area contributed by atoms with Gasteiger partial charge in [0, 0.05) is 41.1 Å². The van der Waals surface area contributed by atoms with Crippen molar-refractivity contribution in [2.24, 2.45) is 0 Å². The molecule has 0 aliphatic heterocycles. The van der Waals surface area contributed by atoms with Crippen molar-refractivity contribution in [3.05, 3.63) is 96.4 Å². The van der Waals surface area contributed by atoms with E-state index in [1.54, 1.807) is 42.9 Å². The molecule has 0 saturated heterocycles. The molecule has 0 aliphatic carbocycles. The number of amides is 1. The van der Waals surface area contributed by atoms with Gasteiger partial charge < -0.3 is 15.6 Å². The van der Waals surface area contributed by atoms with Gasteiger partial charge >= 0.3 is 6.18 Å². The molecule has 0 bridgehead atoms. The van der Waals surface area contributed by atoms with Crippen LogP contribution in [0.1, 0.15) is 15.9 Å². The van der Waals surface area contributed by atoms with Crippen LogP contribution >= 0.6 is 0 Å². The predicted molar refractivity (Wildman–Crippen MR) is 126 cm³/mol. The highest BCUT2D eigenvalue weighted by molar-refractivity contribution is 6.04. The number of rotatable bonds is 5. The molecular weight excluding hydrogens is 457 g/mol. The SMILES string of the molecule is O=C(Nc1cccc(Nc2nc(-c3cccnc3)c3[nH]ccc3n2)c1)c1cccc(C(F)(F)F)c1. The summed E-state index contributed by atoms with van der Waals surface area (Å²) in [4.78, 5) is 29.0. The van der Waals surface area contributed by atoms with Crippen LogP contribution < -0.4 is 10.6 Å². The fourth-order valence-electron chi connectivity index (χ4n) is 3.56. The summed E-state index contributed by atoms with van der Waals surface area (Å²) in [6.07, 6.45) is 0.619. The third-order valence-corrected chi connectivity index (χ3v) is 5.17. The summed E-state index contributed by atoms with van der Waals surface area (Å²) in [5, 5.41) is 5.75. The molecule has 0 spiro atoms. The molecule has 5 aromatic rings. The molecule has 3 aromatic heterocycles. The first-order valence-electron chi connectivity index (χ1n) is 10.5. The van der Waals surface area contributed by atoms with Gasteiger partial charge in [-0.3, -0.25) is 9.78 Å². The normalized spacial score (nSPS) is 11.4. The fourth-order valence-corrected chi connectivity index (χ4v) is 3.56. The molecule has 35 heavy (non-hydrogen) atoms. The molecule has 3 heterocycles. The molecule has 7 nitrogen and oxygen atoms in total. The maximum atomic E-state index is 13.0. The highest BCUT2D eigenvalue weighted by Gasteiger charge is 2.30. The minimum Gasteiger partial charge on any atom is -0.358 e. The van der Waals surface area contributed by atoms with Crippen LogP contribution in [-0.2, 0) is 6.18 Å². The number of hydrogen-bond donors (Lipinski definition) is 3. The topological polar surface area (TPSA) is 95.6 Å². The van der Waals surface area contributed by atoms with Crippen molar-refractivity contribution < 1.29 is 18.0 Å². The van der Waals surface area contributed by atoms with Crippen LogP contribution in [0.25, 0.3) is 22.3 Å². The average molecular weight is 474 g/mol. The Morgan fingerprint density at radius 3 is 2.54 bits per heavy atom. The molecule has 0 atom stereocenters. The highest BCUT2D eigenvalue weighted by atomic mass is 19.4. The van der Waals surface area contributed by atoms with E-state index in [1.165, 1.54) is 12.1 Å². The molecule has 2 aromatic carbocycles. The minimum absolute atomic E-state index is 0.0967. The molecule has 174 valence electrons.